The first kappa shape index (κ1) is 24.2. The van der Waals surface area contributed by atoms with Crippen LogP contribution in [-0.2, 0) is 7.05 Å². The summed E-state index contributed by atoms with van der Waals surface area (Å²) in [5.74, 6) is -0.310. The summed E-state index contributed by atoms with van der Waals surface area (Å²) in [6, 6.07) is 13.9. The molecule has 2 aromatic carbocycles. The van der Waals surface area contributed by atoms with Crippen LogP contribution in [0.25, 0.3) is 11.0 Å². The van der Waals surface area contributed by atoms with Crippen LogP contribution in [0.3, 0.4) is 0 Å². The number of nitrogens with zero attached hydrogens (tertiary/aromatic N) is 6. The van der Waals surface area contributed by atoms with Gasteiger partial charge in [-0.3, -0.25) is 9.36 Å². The number of likely N-dealkylation sites (N-methyl/N-ethyl adjacent to an activating group) is 1. The zero-order chi connectivity index (χ0) is 26.4. The van der Waals surface area contributed by atoms with Gasteiger partial charge < -0.3 is 25.3 Å². The Kier molecular flexibility index (Phi) is 6.11. The van der Waals surface area contributed by atoms with Gasteiger partial charge in [0.2, 0.25) is 5.95 Å². The zero-order valence-electron chi connectivity index (χ0n) is 21.8. The fourth-order valence-electron chi connectivity index (χ4n) is 5.26. The van der Waals surface area contributed by atoms with Gasteiger partial charge in [0, 0.05) is 63.9 Å². The minimum atomic E-state index is -0.611. The Morgan fingerprint density at radius 2 is 1.76 bits per heavy atom. The average Bonchev–Trinajstić information content (AvgIpc) is 2.93. The number of piperazine rings is 1. The standard InChI is InChI=1S/C28H31FN8O/c1-18-5-4-6-22-24(18)30-11-12-37(22)25-23(29)21-17-31-28(33-26(21)35(3)27(25)38)32-19-7-9-20(10-8-19)36-15-13-34(2)14-16-36/h4-10,17,30H,11-16H2,1-3H3,(H,31,32,33). The van der Waals surface area contributed by atoms with Crippen LogP contribution >= 0.6 is 0 Å². The molecule has 0 unspecified atom stereocenters. The van der Waals surface area contributed by atoms with Crippen LogP contribution < -0.4 is 26.0 Å². The van der Waals surface area contributed by atoms with E-state index >= 15 is 4.39 Å². The van der Waals surface area contributed by atoms with Crippen molar-refractivity contribution >= 4 is 45.4 Å². The molecule has 0 spiro atoms. The Labute approximate surface area is 220 Å². The number of pyridine rings is 1. The van der Waals surface area contributed by atoms with Crippen molar-refractivity contribution in [2.24, 2.45) is 7.05 Å². The molecule has 2 aliphatic heterocycles. The Balaban J connectivity index is 1.30. The SMILES string of the molecule is Cc1cccc2c1NCCN2c1c(F)c2cnc(Nc3ccc(N4CCN(C)CC4)cc3)nc2n(C)c1=O. The smallest absolute Gasteiger partial charge is 0.278 e. The number of para-hydroxylation sites is 1. The number of hydrogen-bond donors (Lipinski definition) is 2. The maximum atomic E-state index is 15.9. The van der Waals surface area contributed by atoms with Crippen molar-refractivity contribution in [2.75, 3.05) is 66.7 Å². The van der Waals surface area contributed by atoms with Crippen molar-refractivity contribution in [1.82, 2.24) is 19.4 Å². The van der Waals surface area contributed by atoms with Crippen molar-refractivity contribution < 1.29 is 4.39 Å². The fourth-order valence-corrected chi connectivity index (χ4v) is 5.26. The van der Waals surface area contributed by atoms with Crippen molar-refractivity contribution in [3.8, 4) is 0 Å². The van der Waals surface area contributed by atoms with E-state index in [9.17, 15) is 4.79 Å². The maximum absolute atomic E-state index is 15.9. The van der Waals surface area contributed by atoms with E-state index in [2.05, 4.69) is 49.6 Å². The number of rotatable bonds is 4. The summed E-state index contributed by atoms with van der Waals surface area (Å²) in [5, 5.41) is 6.76. The van der Waals surface area contributed by atoms with E-state index in [-0.39, 0.29) is 16.7 Å². The second-order valence-corrected chi connectivity index (χ2v) is 9.97. The van der Waals surface area contributed by atoms with E-state index in [1.54, 1.807) is 11.9 Å². The zero-order valence-corrected chi connectivity index (χ0v) is 21.8. The van der Waals surface area contributed by atoms with Crippen LogP contribution in [0.15, 0.2) is 53.5 Å². The third-order valence-corrected chi connectivity index (χ3v) is 7.48. The molecule has 0 saturated carbocycles. The van der Waals surface area contributed by atoms with Gasteiger partial charge in [0.15, 0.2) is 11.5 Å². The van der Waals surface area contributed by atoms with Crippen LogP contribution in [0.2, 0.25) is 0 Å². The second kappa shape index (κ2) is 9.60. The number of fused-ring (bicyclic) bond motifs is 2. The maximum Gasteiger partial charge on any atom is 0.278 e. The molecule has 196 valence electrons. The quantitative estimate of drug-likeness (QED) is 0.425. The fraction of sp³-hybridized carbons (Fsp3) is 0.321. The molecule has 2 N–H and O–H groups in total. The molecule has 10 heteroatoms. The lowest BCUT2D eigenvalue weighted by molar-refractivity contribution is 0.313. The molecule has 4 heterocycles. The lowest BCUT2D eigenvalue weighted by Gasteiger charge is -2.34. The summed E-state index contributed by atoms with van der Waals surface area (Å²) in [6.45, 7) is 7.15. The predicted molar refractivity (Wildman–Crippen MR) is 151 cm³/mol. The third kappa shape index (κ3) is 4.20. The Morgan fingerprint density at radius 1 is 1.00 bits per heavy atom. The number of benzene rings is 2. The van der Waals surface area contributed by atoms with Crippen molar-refractivity contribution in [1.29, 1.82) is 0 Å². The molecule has 0 atom stereocenters. The largest absolute Gasteiger partial charge is 0.381 e. The van der Waals surface area contributed by atoms with E-state index in [4.69, 9.17) is 0 Å². The van der Waals surface area contributed by atoms with Gasteiger partial charge in [-0.15, -0.1) is 0 Å². The van der Waals surface area contributed by atoms with Gasteiger partial charge in [-0.1, -0.05) is 12.1 Å². The van der Waals surface area contributed by atoms with Gasteiger partial charge in [0.25, 0.3) is 5.56 Å². The lowest BCUT2D eigenvalue weighted by Crippen LogP contribution is -2.44. The first-order chi connectivity index (χ1) is 18.4. The number of aromatic nitrogens is 3. The minimum Gasteiger partial charge on any atom is -0.381 e. The number of anilines is 6. The van der Waals surface area contributed by atoms with Crippen molar-refractivity contribution in [2.45, 2.75) is 6.92 Å². The van der Waals surface area contributed by atoms with Gasteiger partial charge in [-0.25, -0.2) is 9.37 Å². The van der Waals surface area contributed by atoms with Gasteiger partial charge in [0.1, 0.15) is 5.69 Å². The van der Waals surface area contributed by atoms with E-state index < -0.39 is 11.4 Å². The van der Waals surface area contributed by atoms with E-state index in [1.165, 1.54) is 16.5 Å². The first-order valence-electron chi connectivity index (χ1n) is 12.9. The molecule has 1 saturated heterocycles. The predicted octanol–water partition coefficient (Wildman–Crippen LogP) is 3.84. The summed E-state index contributed by atoms with van der Waals surface area (Å²) in [6.07, 6.45) is 1.45. The van der Waals surface area contributed by atoms with Crippen molar-refractivity contribution in [3.63, 3.8) is 0 Å². The van der Waals surface area contributed by atoms with Crippen LogP contribution in [0.1, 0.15) is 5.56 Å². The molecule has 0 aliphatic carbocycles. The van der Waals surface area contributed by atoms with E-state index in [1.807, 2.05) is 37.3 Å². The molecular formula is C28H31FN8O. The van der Waals surface area contributed by atoms with Crippen LogP contribution in [0, 0.1) is 12.7 Å². The molecule has 2 aromatic heterocycles. The van der Waals surface area contributed by atoms with Crippen LogP contribution in [-0.4, -0.2) is 65.8 Å². The van der Waals surface area contributed by atoms with Crippen molar-refractivity contribution in [3.05, 3.63) is 70.4 Å². The molecular weight excluding hydrogens is 483 g/mol. The number of aryl methyl sites for hydroxylation is 2. The number of hydrogen-bond acceptors (Lipinski definition) is 8. The second-order valence-electron chi connectivity index (χ2n) is 9.97. The normalized spacial score (nSPS) is 15.9. The van der Waals surface area contributed by atoms with Gasteiger partial charge in [-0.2, -0.15) is 4.98 Å². The molecule has 2 aliphatic rings. The molecule has 0 amide bonds. The summed E-state index contributed by atoms with van der Waals surface area (Å²) in [7, 11) is 3.76. The number of nitrogens with one attached hydrogen (secondary N) is 2. The Hall–Kier alpha value is -4.18. The monoisotopic (exact) mass is 514 g/mol. The highest BCUT2D eigenvalue weighted by molar-refractivity contribution is 5.86. The number of halogens is 1. The first-order valence-corrected chi connectivity index (χ1v) is 12.9. The summed E-state index contributed by atoms with van der Waals surface area (Å²) in [4.78, 5) is 28.8. The molecule has 38 heavy (non-hydrogen) atoms. The molecule has 6 rings (SSSR count). The summed E-state index contributed by atoms with van der Waals surface area (Å²) >= 11 is 0. The highest BCUT2D eigenvalue weighted by Gasteiger charge is 2.27. The summed E-state index contributed by atoms with van der Waals surface area (Å²) < 4.78 is 17.3. The average molecular weight is 515 g/mol. The highest BCUT2D eigenvalue weighted by atomic mass is 19.1. The molecule has 0 radical (unpaired) electrons. The molecule has 9 nitrogen and oxygen atoms in total. The Bertz CT molecular complexity index is 1560. The molecule has 4 aromatic rings. The lowest BCUT2D eigenvalue weighted by atomic mass is 10.1. The molecule has 1 fully saturated rings. The van der Waals surface area contributed by atoms with Gasteiger partial charge in [0.05, 0.1) is 16.8 Å². The topological polar surface area (TPSA) is 81.6 Å². The van der Waals surface area contributed by atoms with Gasteiger partial charge in [-0.05, 0) is 49.9 Å². The van der Waals surface area contributed by atoms with Gasteiger partial charge >= 0.3 is 0 Å². The van der Waals surface area contributed by atoms with E-state index in [0.29, 0.717) is 19.0 Å². The Morgan fingerprint density at radius 3 is 2.53 bits per heavy atom. The minimum absolute atomic E-state index is 0.0113. The van der Waals surface area contributed by atoms with Crippen LogP contribution in [0.5, 0.6) is 0 Å². The van der Waals surface area contributed by atoms with E-state index in [0.717, 1.165) is 48.8 Å². The third-order valence-electron chi connectivity index (χ3n) is 7.48. The van der Waals surface area contributed by atoms with Crippen LogP contribution in [0.4, 0.5) is 38.8 Å². The molecule has 0 bridgehead atoms. The summed E-state index contributed by atoms with van der Waals surface area (Å²) in [5.41, 5.74) is 4.54. The highest BCUT2D eigenvalue weighted by Crippen LogP contribution is 2.37.